The smallest absolute Gasteiger partial charge is 0.124 e. The van der Waals surface area contributed by atoms with Gasteiger partial charge in [0.2, 0.25) is 0 Å². The number of hydrogen-bond acceptors (Lipinski definition) is 2. The van der Waals surface area contributed by atoms with Crippen molar-refractivity contribution in [3.05, 3.63) is 59.4 Å². The molecule has 3 heteroatoms. The second-order valence-electron chi connectivity index (χ2n) is 3.75. The van der Waals surface area contributed by atoms with Crippen LogP contribution in [0.25, 0.3) is 0 Å². The summed E-state index contributed by atoms with van der Waals surface area (Å²) in [5, 5.41) is 9.55. The average molecular weight is 229 g/mol. The standard InChI is InChI=1S/C14H12FNO/c1-10-8-12(15)6-7-13(10)16-9-11-4-2-3-5-14(11)17/h2-9,17H,1H3. The van der Waals surface area contributed by atoms with Crippen LogP contribution >= 0.6 is 0 Å². The van der Waals surface area contributed by atoms with Crippen molar-refractivity contribution in [2.45, 2.75) is 6.92 Å². The van der Waals surface area contributed by atoms with Gasteiger partial charge in [0.1, 0.15) is 11.6 Å². The van der Waals surface area contributed by atoms with Gasteiger partial charge in [0.15, 0.2) is 0 Å². The monoisotopic (exact) mass is 229 g/mol. The number of benzene rings is 2. The van der Waals surface area contributed by atoms with Gasteiger partial charge < -0.3 is 5.11 Å². The highest BCUT2D eigenvalue weighted by Crippen LogP contribution is 2.20. The van der Waals surface area contributed by atoms with Crippen LogP contribution in [0.1, 0.15) is 11.1 Å². The summed E-state index contributed by atoms with van der Waals surface area (Å²) in [6, 6.07) is 11.3. The summed E-state index contributed by atoms with van der Waals surface area (Å²) < 4.78 is 12.9. The molecule has 2 rings (SSSR count). The van der Waals surface area contributed by atoms with Crippen molar-refractivity contribution in [3.8, 4) is 5.75 Å². The molecular weight excluding hydrogens is 217 g/mol. The highest BCUT2D eigenvalue weighted by molar-refractivity contribution is 5.85. The van der Waals surface area contributed by atoms with Crippen molar-refractivity contribution >= 4 is 11.9 Å². The number of aromatic hydroxyl groups is 1. The lowest BCUT2D eigenvalue weighted by atomic mass is 10.2. The SMILES string of the molecule is Cc1cc(F)ccc1N=Cc1ccccc1O. The molecule has 2 aromatic carbocycles. The molecule has 0 heterocycles. The molecule has 0 aliphatic heterocycles. The third-order valence-corrected chi connectivity index (χ3v) is 2.44. The van der Waals surface area contributed by atoms with Crippen LogP contribution in [0.5, 0.6) is 5.75 Å². The van der Waals surface area contributed by atoms with E-state index in [2.05, 4.69) is 4.99 Å². The predicted octanol–water partition coefficient (Wildman–Crippen LogP) is 3.59. The van der Waals surface area contributed by atoms with E-state index in [1.54, 1.807) is 37.4 Å². The fraction of sp³-hybridized carbons (Fsp3) is 0.0714. The summed E-state index contributed by atoms with van der Waals surface area (Å²) in [5.41, 5.74) is 2.09. The van der Waals surface area contributed by atoms with Crippen LogP contribution in [0, 0.1) is 12.7 Å². The maximum Gasteiger partial charge on any atom is 0.124 e. The van der Waals surface area contributed by atoms with Crippen molar-refractivity contribution in [2.75, 3.05) is 0 Å². The molecule has 0 aromatic heterocycles. The summed E-state index contributed by atoms with van der Waals surface area (Å²) in [6.45, 7) is 1.79. The Morgan fingerprint density at radius 2 is 1.94 bits per heavy atom. The van der Waals surface area contributed by atoms with Crippen LogP contribution in [-0.2, 0) is 0 Å². The van der Waals surface area contributed by atoms with Gasteiger partial charge in [0.05, 0.1) is 5.69 Å². The molecule has 86 valence electrons. The van der Waals surface area contributed by atoms with Crippen molar-refractivity contribution in [3.63, 3.8) is 0 Å². The summed E-state index contributed by atoms with van der Waals surface area (Å²) >= 11 is 0. The number of hydrogen-bond donors (Lipinski definition) is 1. The minimum atomic E-state index is -0.274. The van der Waals surface area contributed by atoms with Gasteiger partial charge in [-0.1, -0.05) is 12.1 Å². The predicted molar refractivity (Wildman–Crippen MR) is 66.5 cm³/mol. The van der Waals surface area contributed by atoms with Gasteiger partial charge in [-0.25, -0.2) is 4.39 Å². The number of aliphatic imine (C=N–C) groups is 1. The van der Waals surface area contributed by atoms with Gasteiger partial charge in [0, 0.05) is 11.8 Å². The molecule has 0 unspecified atom stereocenters. The number of aryl methyl sites for hydroxylation is 1. The van der Waals surface area contributed by atoms with E-state index in [4.69, 9.17) is 0 Å². The molecule has 2 aromatic rings. The van der Waals surface area contributed by atoms with Crippen LogP contribution in [0.15, 0.2) is 47.5 Å². The quantitative estimate of drug-likeness (QED) is 0.784. The molecule has 0 spiro atoms. The Morgan fingerprint density at radius 1 is 1.18 bits per heavy atom. The molecule has 0 fully saturated rings. The lowest BCUT2D eigenvalue weighted by Crippen LogP contribution is -1.83. The van der Waals surface area contributed by atoms with Crippen LogP contribution < -0.4 is 0 Å². The minimum Gasteiger partial charge on any atom is -0.507 e. The first-order chi connectivity index (χ1) is 8.16. The third-order valence-electron chi connectivity index (χ3n) is 2.44. The number of halogens is 1. The van der Waals surface area contributed by atoms with E-state index in [1.165, 1.54) is 12.1 Å². The second-order valence-corrected chi connectivity index (χ2v) is 3.75. The molecule has 0 atom stereocenters. The van der Waals surface area contributed by atoms with Crippen LogP contribution in [-0.4, -0.2) is 11.3 Å². The average Bonchev–Trinajstić information content (AvgIpc) is 2.30. The Hall–Kier alpha value is -2.16. The second kappa shape index (κ2) is 4.78. The van der Waals surface area contributed by atoms with Gasteiger partial charge in [-0.3, -0.25) is 4.99 Å². The zero-order valence-corrected chi connectivity index (χ0v) is 9.39. The van der Waals surface area contributed by atoms with Gasteiger partial charge >= 0.3 is 0 Å². The Labute approximate surface area is 99.1 Å². The zero-order chi connectivity index (χ0) is 12.3. The Kier molecular flexibility index (Phi) is 3.19. The van der Waals surface area contributed by atoms with Crippen molar-refractivity contribution in [1.29, 1.82) is 0 Å². The van der Waals surface area contributed by atoms with Gasteiger partial charge in [-0.15, -0.1) is 0 Å². The van der Waals surface area contributed by atoms with Gasteiger partial charge in [0.25, 0.3) is 0 Å². The number of rotatable bonds is 2. The lowest BCUT2D eigenvalue weighted by Gasteiger charge is -2.00. The zero-order valence-electron chi connectivity index (χ0n) is 9.39. The van der Waals surface area contributed by atoms with Crippen molar-refractivity contribution in [2.24, 2.45) is 4.99 Å². The Morgan fingerprint density at radius 3 is 2.65 bits per heavy atom. The van der Waals surface area contributed by atoms with E-state index < -0.39 is 0 Å². The fourth-order valence-corrected chi connectivity index (χ4v) is 1.50. The van der Waals surface area contributed by atoms with E-state index in [0.717, 1.165) is 5.56 Å². The molecule has 0 saturated carbocycles. The van der Waals surface area contributed by atoms with E-state index in [-0.39, 0.29) is 11.6 Å². The molecular formula is C14H12FNO. The number of para-hydroxylation sites is 1. The van der Waals surface area contributed by atoms with Crippen LogP contribution in [0.2, 0.25) is 0 Å². The Bertz CT molecular complexity index is 564. The molecule has 2 nitrogen and oxygen atoms in total. The van der Waals surface area contributed by atoms with E-state index >= 15 is 0 Å². The van der Waals surface area contributed by atoms with Crippen molar-refractivity contribution < 1.29 is 9.50 Å². The molecule has 0 bridgehead atoms. The van der Waals surface area contributed by atoms with E-state index in [0.29, 0.717) is 11.3 Å². The third kappa shape index (κ3) is 2.69. The van der Waals surface area contributed by atoms with Crippen LogP contribution in [0.3, 0.4) is 0 Å². The minimum absolute atomic E-state index is 0.177. The van der Waals surface area contributed by atoms with Gasteiger partial charge in [-0.2, -0.15) is 0 Å². The van der Waals surface area contributed by atoms with Gasteiger partial charge in [-0.05, 0) is 42.8 Å². The number of nitrogens with zero attached hydrogens (tertiary/aromatic N) is 1. The first-order valence-electron chi connectivity index (χ1n) is 5.25. The molecule has 1 N–H and O–H groups in total. The molecule has 0 aliphatic carbocycles. The molecule has 0 amide bonds. The summed E-state index contributed by atoms with van der Waals surface area (Å²) in [6.07, 6.45) is 1.57. The highest BCUT2D eigenvalue weighted by atomic mass is 19.1. The maximum atomic E-state index is 12.9. The molecule has 0 saturated heterocycles. The summed E-state index contributed by atoms with van der Waals surface area (Å²) in [5.74, 6) is -0.0972. The first-order valence-corrected chi connectivity index (χ1v) is 5.25. The molecule has 0 aliphatic rings. The highest BCUT2D eigenvalue weighted by Gasteiger charge is 1.99. The summed E-state index contributed by atoms with van der Waals surface area (Å²) in [7, 11) is 0. The molecule has 0 radical (unpaired) electrons. The fourth-order valence-electron chi connectivity index (χ4n) is 1.50. The lowest BCUT2D eigenvalue weighted by molar-refractivity contribution is 0.474. The van der Waals surface area contributed by atoms with Crippen molar-refractivity contribution in [1.82, 2.24) is 0 Å². The van der Waals surface area contributed by atoms with Crippen LogP contribution in [0.4, 0.5) is 10.1 Å². The molecule has 17 heavy (non-hydrogen) atoms. The first kappa shape index (κ1) is 11.3. The largest absolute Gasteiger partial charge is 0.507 e. The maximum absolute atomic E-state index is 12.9. The van der Waals surface area contributed by atoms with E-state index in [1.807, 2.05) is 6.07 Å². The number of phenolic OH excluding ortho intramolecular Hbond substituents is 1. The Balaban J connectivity index is 2.29. The topological polar surface area (TPSA) is 32.6 Å². The van der Waals surface area contributed by atoms with E-state index in [9.17, 15) is 9.50 Å². The number of phenols is 1. The summed E-state index contributed by atoms with van der Waals surface area (Å²) in [4.78, 5) is 4.23. The normalized spacial score (nSPS) is 10.9.